The predicted molar refractivity (Wildman–Crippen MR) is 70.3 cm³/mol. The number of aromatic amines is 1. The van der Waals surface area contributed by atoms with Gasteiger partial charge in [0.1, 0.15) is 0 Å². The summed E-state index contributed by atoms with van der Waals surface area (Å²) >= 11 is 3.44. The number of H-pyrrole nitrogens is 1. The average Bonchev–Trinajstić information content (AvgIpc) is 2.93. The van der Waals surface area contributed by atoms with Gasteiger partial charge in [-0.05, 0) is 24.1 Å². The second kappa shape index (κ2) is 4.14. The second-order valence-electron chi connectivity index (χ2n) is 4.33. The van der Waals surface area contributed by atoms with Crippen molar-refractivity contribution >= 4 is 38.6 Å². The van der Waals surface area contributed by atoms with Crippen LogP contribution in [0.25, 0.3) is 11.0 Å². The molecule has 1 amide bonds. The van der Waals surface area contributed by atoms with Gasteiger partial charge in [-0.15, -0.1) is 0 Å². The zero-order valence-corrected chi connectivity index (χ0v) is 10.8. The Morgan fingerprint density at radius 3 is 3.18 bits per heavy atom. The Morgan fingerprint density at radius 1 is 1.53 bits per heavy atom. The number of rotatable bonds is 2. The van der Waals surface area contributed by atoms with Crippen LogP contribution in [0.5, 0.6) is 0 Å². The van der Waals surface area contributed by atoms with Crippen molar-refractivity contribution in [1.29, 1.82) is 0 Å². The van der Waals surface area contributed by atoms with Gasteiger partial charge < -0.3 is 9.88 Å². The van der Waals surface area contributed by atoms with Crippen molar-refractivity contribution in [1.82, 2.24) is 9.97 Å². The molecule has 0 radical (unpaired) electrons. The maximum absolute atomic E-state index is 11.9. The van der Waals surface area contributed by atoms with Crippen LogP contribution in [0.2, 0.25) is 0 Å². The molecule has 1 aliphatic rings. The molecule has 1 aromatic heterocycles. The summed E-state index contributed by atoms with van der Waals surface area (Å²) < 4.78 is 0. The molecule has 2 aromatic rings. The summed E-state index contributed by atoms with van der Waals surface area (Å²) in [6.45, 7) is 0.795. The fourth-order valence-corrected chi connectivity index (χ4v) is 2.66. The van der Waals surface area contributed by atoms with E-state index in [4.69, 9.17) is 0 Å². The second-order valence-corrected chi connectivity index (χ2v) is 4.98. The Morgan fingerprint density at radius 2 is 2.41 bits per heavy atom. The van der Waals surface area contributed by atoms with E-state index in [-0.39, 0.29) is 5.91 Å². The first-order valence-electron chi connectivity index (χ1n) is 5.57. The molecule has 1 saturated heterocycles. The number of benzene rings is 1. The maximum Gasteiger partial charge on any atom is 0.227 e. The lowest BCUT2D eigenvalue weighted by molar-refractivity contribution is -0.117. The van der Waals surface area contributed by atoms with E-state index in [0.29, 0.717) is 12.3 Å². The highest BCUT2D eigenvalue weighted by molar-refractivity contribution is 9.09. The van der Waals surface area contributed by atoms with Crippen LogP contribution in [0.4, 0.5) is 5.69 Å². The van der Waals surface area contributed by atoms with Crippen LogP contribution in [-0.2, 0) is 4.79 Å². The fourth-order valence-electron chi connectivity index (χ4n) is 2.23. The lowest BCUT2D eigenvalue weighted by Gasteiger charge is -2.16. The van der Waals surface area contributed by atoms with Crippen molar-refractivity contribution in [3.63, 3.8) is 0 Å². The van der Waals surface area contributed by atoms with E-state index < -0.39 is 0 Å². The molecule has 1 fully saturated rings. The summed E-state index contributed by atoms with van der Waals surface area (Å²) in [4.78, 5) is 21.0. The van der Waals surface area contributed by atoms with Crippen molar-refractivity contribution in [2.24, 2.45) is 5.92 Å². The van der Waals surface area contributed by atoms with E-state index in [1.54, 1.807) is 6.33 Å². The van der Waals surface area contributed by atoms with Gasteiger partial charge in [0.15, 0.2) is 0 Å². The van der Waals surface area contributed by atoms with Crippen LogP contribution in [0, 0.1) is 5.92 Å². The molecular weight excluding hydrogens is 282 g/mol. The van der Waals surface area contributed by atoms with Crippen LogP contribution < -0.4 is 4.90 Å². The van der Waals surface area contributed by atoms with Crippen LogP contribution in [0.1, 0.15) is 6.42 Å². The number of hydrogen-bond acceptors (Lipinski definition) is 2. The van der Waals surface area contributed by atoms with Crippen LogP contribution in [0.15, 0.2) is 24.5 Å². The van der Waals surface area contributed by atoms with Crippen molar-refractivity contribution in [3.05, 3.63) is 24.5 Å². The molecule has 0 spiro atoms. The topological polar surface area (TPSA) is 49.0 Å². The van der Waals surface area contributed by atoms with Crippen molar-refractivity contribution in [2.45, 2.75) is 6.42 Å². The summed E-state index contributed by atoms with van der Waals surface area (Å²) in [5, 5.41) is 0.877. The smallest absolute Gasteiger partial charge is 0.227 e. The van der Waals surface area contributed by atoms with Crippen LogP contribution in [-0.4, -0.2) is 27.7 Å². The molecular formula is C12H12BrN3O. The molecule has 88 valence electrons. The molecule has 1 aromatic carbocycles. The number of carbonyl (C=O) groups is 1. The van der Waals surface area contributed by atoms with Crippen LogP contribution in [0.3, 0.4) is 0 Å². The molecule has 0 saturated carbocycles. The Labute approximate surface area is 107 Å². The predicted octanol–water partition coefficient (Wildman–Crippen LogP) is 2.31. The standard InChI is InChI=1S/C12H12BrN3O/c13-5-8-3-12(17)16(6-8)9-1-2-10-11(4-9)15-7-14-10/h1-2,4,7-8H,3,5-6H2,(H,14,15). The molecule has 1 atom stereocenters. The fraction of sp³-hybridized carbons (Fsp3) is 0.333. The first-order chi connectivity index (χ1) is 8.28. The van der Waals surface area contributed by atoms with Gasteiger partial charge in [-0.25, -0.2) is 4.98 Å². The van der Waals surface area contributed by atoms with Gasteiger partial charge in [0.05, 0.1) is 17.4 Å². The third kappa shape index (κ3) is 1.84. The Bertz CT molecular complexity index is 566. The van der Waals surface area contributed by atoms with Gasteiger partial charge in [0.2, 0.25) is 5.91 Å². The first-order valence-corrected chi connectivity index (χ1v) is 6.69. The zero-order valence-electron chi connectivity index (χ0n) is 9.19. The number of halogens is 1. The van der Waals surface area contributed by atoms with E-state index >= 15 is 0 Å². The summed E-state index contributed by atoms with van der Waals surface area (Å²) in [7, 11) is 0. The van der Waals surface area contributed by atoms with Crippen molar-refractivity contribution in [2.75, 3.05) is 16.8 Å². The van der Waals surface area contributed by atoms with Gasteiger partial charge in [0, 0.05) is 24.0 Å². The monoisotopic (exact) mass is 293 g/mol. The normalized spacial score (nSPS) is 20.4. The highest BCUT2D eigenvalue weighted by atomic mass is 79.9. The number of amides is 1. The number of anilines is 1. The van der Waals surface area contributed by atoms with E-state index in [1.807, 2.05) is 23.1 Å². The third-order valence-corrected chi connectivity index (χ3v) is 4.05. The Hall–Kier alpha value is -1.36. The minimum atomic E-state index is 0.202. The minimum absolute atomic E-state index is 0.202. The van der Waals surface area contributed by atoms with Gasteiger partial charge in [-0.3, -0.25) is 4.79 Å². The highest BCUT2D eigenvalue weighted by Crippen LogP contribution is 2.27. The number of carbonyl (C=O) groups excluding carboxylic acids is 1. The molecule has 1 aliphatic heterocycles. The Kier molecular flexibility index (Phi) is 2.63. The summed E-state index contributed by atoms with van der Waals surface area (Å²) in [6.07, 6.45) is 2.30. The van der Waals surface area contributed by atoms with Gasteiger partial charge in [0.25, 0.3) is 0 Å². The maximum atomic E-state index is 11.9. The van der Waals surface area contributed by atoms with Crippen LogP contribution >= 0.6 is 15.9 Å². The minimum Gasteiger partial charge on any atom is -0.345 e. The number of fused-ring (bicyclic) bond motifs is 1. The molecule has 1 unspecified atom stereocenters. The largest absolute Gasteiger partial charge is 0.345 e. The molecule has 0 aliphatic carbocycles. The summed E-state index contributed by atoms with van der Waals surface area (Å²) in [6, 6.07) is 5.88. The van der Waals surface area contributed by atoms with Gasteiger partial charge in [-0.2, -0.15) is 0 Å². The number of nitrogens with zero attached hydrogens (tertiary/aromatic N) is 2. The lowest BCUT2D eigenvalue weighted by atomic mass is 10.2. The van der Waals surface area contributed by atoms with Crippen molar-refractivity contribution in [3.8, 4) is 0 Å². The quantitative estimate of drug-likeness (QED) is 0.864. The number of nitrogens with one attached hydrogen (secondary N) is 1. The highest BCUT2D eigenvalue weighted by Gasteiger charge is 2.29. The molecule has 5 heteroatoms. The molecule has 0 bridgehead atoms. The van der Waals surface area contributed by atoms with Gasteiger partial charge >= 0.3 is 0 Å². The zero-order chi connectivity index (χ0) is 11.8. The van der Waals surface area contributed by atoms with E-state index in [2.05, 4.69) is 25.9 Å². The molecule has 4 nitrogen and oxygen atoms in total. The molecule has 17 heavy (non-hydrogen) atoms. The summed E-state index contributed by atoms with van der Waals surface area (Å²) in [5.74, 6) is 0.619. The van der Waals surface area contributed by atoms with E-state index in [0.717, 1.165) is 28.6 Å². The number of hydrogen-bond donors (Lipinski definition) is 1. The molecule has 2 heterocycles. The number of alkyl halides is 1. The van der Waals surface area contributed by atoms with Crippen molar-refractivity contribution < 1.29 is 4.79 Å². The van der Waals surface area contributed by atoms with E-state index in [9.17, 15) is 4.79 Å². The van der Waals surface area contributed by atoms with E-state index in [1.165, 1.54) is 0 Å². The average molecular weight is 294 g/mol. The lowest BCUT2D eigenvalue weighted by Crippen LogP contribution is -2.24. The number of aromatic nitrogens is 2. The first kappa shape index (κ1) is 10.8. The third-order valence-electron chi connectivity index (χ3n) is 3.14. The van der Waals surface area contributed by atoms with Gasteiger partial charge in [-0.1, -0.05) is 15.9 Å². The molecule has 1 N–H and O–H groups in total. The summed E-state index contributed by atoms with van der Waals surface area (Å²) in [5.41, 5.74) is 2.85. The number of imidazole rings is 1. The molecule has 3 rings (SSSR count). The Balaban J connectivity index is 1.95. The SMILES string of the molecule is O=C1CC(CBr)CN1c1ccc2nc[nH]c2c1.